The third-order valence-corrected chi connectivity index (χ3v) is 3.06. The average Bonchev–Trinajstić information content (AvgIpc) is 2.48. The number of ether oxygens (including phenoxy) is 1. The van der Waals surface area contributed by atoms with Crippen LogP contribution in [0.15, 0.2) is 48.5 Å². The number of rotatable bonds is 4. The molecule has 102 valence electrons. The van der Waals surface area contributed by atoms with Crippen LogP contribution in [-0.2, 0) is 0 Å². The van der Waals surface area contributed by atoms with Gasteiger partial charge in [-0.25, -0.2) is 0 Å². The molecule has 1 N–H and O–H groups in total. The predicted octanol–water partition coefficient (Wildman–Crippen LogP) is 3.95. The first-order valence-corrected chi connectivity index (χ1v) is 6.33. The van der Waals surface area contributed by atoms with Gasteiger partial charge in [0.05, 0.1) is 12.1 Å². The van der Waals surface area contributed by atoms with Crippen LogP contribution in [0, 0.1) is 0 Å². The van der Waals surface area contributed by atoms with E-state index in [0.717, 1.165) is 5.56 Å². The van der Waals surface area contributed by atoms with E-state index in [9.17, 15) is 9.90 Å². The number of phenols is 1. The van der Waals surface area contributed by atoms with E-state index in [4.69, 9.17) is 16.3 Å². The van der Waals surface area contributed by atoms with E-state index in [2.05, 4.69) is 0 Å². The summed E-state index contributed by atoms with van der Waals surface area (Å²) in [5.41, 5.74) is 1.29. The van der Waals surface area contributed by atoms with Crippen molar-refractivity contribution in [1.82, 2.24) is 0 Å². The molecule has 0 fully saturated rings. The van der Waals surface area contributed by atoms with Gasteiger partial charge < -0.3 is 9.84 Å². The third-order valence-electron chi connectivity index (χ3n) is 2.75. The van der Waals surface area contributed by atoms with Gasteiger partial charge in [0.1, 0.15) is 11.5 Å². The highest BCUT2D eigenvalue weighted by Crippen LogP contribution is 2.24. The second-order valence-electron chi connectivity index (χ2n) is 4.14. The highest BCUT2D eigenvalue weighted by molar-refractivity contribution is 6.32. The molecule has 0 radical (unpaired) electrons. The maximum atomic E-state index is 12.0. The van der Waals surface area contributed by atoms with Crippen LogP contribution in [0.1, 0.15) is 15.9 Å². The SMILES string of the molecule is COc1cccc(C(=O)C=Cc2ccc(O)c(Cl)c2)c1. The molecule has 4 heteroatoms. The van der Waals surface area contributed by atoms with Gasteiger partial charge in [0.2, 0.25) is 0 Å². The largest absolute Gasteiger partial charge is 0.506 e. The molecule has 0 aliphatic rings. The summed E-state index contributed by atoms with van der Waals surface area (Å²) in [5, 5.41) is 9.57. The Morgan fingerprint density at radius 3 is 2.75 bits per heavy atom. The molecule has 0 aliphatic carbocycles. The average molecular weight is 289 g/mol. The molecule has 0 bridgehead atoms. The van der Waals surface area contributed by atoms with Gasteiger partial charge in [-0.05, 0) is 35.9 Å². The molecular weight excluding hydrogens is 276 g/mol. The van der Waals surface area contributed by atoms with Crippen LogP contribution in [-0.4, -0.2) is 18.0 Å². The minimum absolute atomic E-state index is 0.0166. The molecule has 0 atom stereocenters. The lowest BCUT2D eigenvalue weighted by molar-refractivity contribution is 0.104. The van der Waals surface area contributed by atoms with Crippen molar-refractivity contribution in [3.05, 3.63) is 64.7 Å². The van der Waals surface area contributed by atoms with Crippen LogP contribution in [0.25, 0.3) is 6.08 Å². The number of carbonyl (C=O) groups is 1. The number of benzene rings is 2. The summed E-state index contributed by atoms with van der Waals surface area (Å²) >= 11 is 5.80. The smallest absolute Gasteiger partial charge is 0.185 e. The molecule has 20 heavy (non-hydrogen) atoms. The van der Waals surface area contributed by atoms with Crippen molar-refractivity contribution in [3.8, 4) is 11.5 Å². The molecule has 0 saturated heterocycles. The number of aromatic hydroxyl groups is 1. The molecule has 0 heterocycles. The van der Waals surface area contributed by atoms with E-state index in [1.54, 1.807) is 49.6 Å². The van der Waals surface area contributed by atoms with E-state index < -0.39 is 0 Å². The van der Waals surface area contributed by atoms with Gasteiger partial charge in [-0.2, -0.15) is 0 Å². The van der Waals surface area contributed by atoms with Gasteiger partial charge in [0.15, 0.2) is 5.78 Å². The Bertz CT molecular complexity index is 663. The Morgan fingerprint density at radius 2 is 2.05 bits per heavy atom. The van der Waals surface area contributed by atoms with E-state index in [0.29, 0.717) is 11.3 Å². The summed E-state index contributed by atoms with van der Waals surface area (Å²) in [6, 6.07) is 11.7. The maximum absolute atomic E-state index is 12.0. The fourth-order valence-corrected chi connectivity index (χ4v) is 1.86. The molecule has 0 aromatic heterocycles. The highest BCUT2D eigenvalue weighted by Gasteiger charge is 2.03. The van der Waals surface area contributed by atoms with Gasteiger partial charge in [0, 0.05) is 5.56 Å². The Hall–Kier alpha value is -2.26. The lowest BCUT2D eigenvalue weighted by Gasteiger charge is -2.01. The van der Waals surface area contributed by atoms with Crippen molar-refractivity contribution in [2.75, 3.05) is 7.11 Å². The lowest BCUT2D eigenvalue weighted by Crippen LogP contribution is -1.94. The number of carbonyl (C=O) groups excluding carboxylic acids is 1. The predicted molar refractivity (Wildman–Crippen MR) is 79.5 cm³/mol. The molecule has 0 aliphatic heterocycles. The van der Waals surface area contributed by atoms with E-state index in [-0.39, 0.29) is 16.6 Å². The molecule has 0 saturated carbocycles. The summed E-state index contributed by atoms with van der Waals surface area (Å²) < 4.78 is 5.08. The van der Waals surface area contributed by atoms with Crippen LogP contribution in [0.4, 0.5) is 0 Å². The Labute approximate surface area is 122 Å². The van der Waals surface area contributed by atoms with Crippen LogP contribution >= 0.6 is 11.6 Å². The third kappa shape index (κ3) is 3.39. The fraction of sp³-hybridized carbons (Fsp3) is 0.0625. The number of hydrogen-bond acceptors (Lipinski definition) is 3. The Kier molecular flexibility index (Phi) is 4.43. The van der Waals surface area contributed by atoms with Crippen LogP contribution in [0.2, 0.25) is 5.02 Å². The van der Waals surface area contributed by atoms with Crippen LogP contribution in [0.3, 0.4) is 0 Å². The van der Waals surface area contributed by atoms with Gasteiger partial charge >= 0.3 is 0 Å². The first-order chi connectivity index (χ1) is 9.60. The minimum Gasteiger partial charge on any atom is -0.506 e. The number of hydrogen-bond donors (Lipinski definition) is 1. The molecule has 0 amide bonds. The molecule has 2 aromatic rings. The zero-order chi connectivity index (χ0) is 14.5. The van der Waals surface area contributed by atoms with Crippen molar-refractivity contribution < 1.29 is 14.6 Å². The Morgan fingerprint density at radius 1 is 1.25 bits per heavy atom. The van der Waals surface area contributed by atoms with E-state index >= 15 is 0 Å². The molecule has 3 nitrogen and oxygen atoms in total. The normalized spacial score (nSPS) is 10.7. The summed E-state index contributed by atoms with van der Waals surface area (Å²) in [6.07, 6.45) is 3.10. The highest BCUT2D eigenvalue weighted by atomic mass is 35.5. The van der Waals surface area contributed by atoms with Gasteiger partial charge in [0.25, 0.3) is 0 Å². The molecule has 2 rings (SSSR count). The fourth-order valence-electron chi connectivity index (χ4n) is 1.67. The van der Waals surface area contributed by atoms with Crippen LogP contribution < -0.4 is 4.74 Å². The first-order valence-electron chi connectivity index (χ1n) is 5.95. The van der Waals surface area contributed by atoms with Gasteiger partial charge in [-0.3, -0.25) is 4.79 Å². The van der Waals surface area contributed by atoms with E-state index in [1.165, 1.54) is 12.1 Å². The van der Waals surface area contributed by atoms with Crippen molar-refractivity contribution in [2.45, 2.75) is 0 Å². The molecule has 0 spiro atoms. The van der Waals surface area contributed by atoms with Gasteiger partial charge in [-0.15, -0.1) is 0 Å². The van der Waals surface area contributed by atoms with Gasteiger partial charge in [-0.1, -0.05) is 35.9 Å². The van der Waals surface area contributed by atoms with Crippen molar-refractivity contribution in [1.29, 1.82) is 0 Å². The number of phenolic OH excluding ortho intramolecular Hbond substituents is 1. The number of allylic oxidation sites excluding steroid dienone is 1. The van der Waals surface area contributed by atoms with E-state index in [1.807, 2.05) is 0 Å². The van der Waals surface area contributed by atoms with Crippen molar-refractivity contribution in [2.24, 2.45) is 0 Å². The first kappa shape index (κ1) is 14.2. The molecule has 0 unspecified atom stereocenters. The standard InChI is InChI=1S/C16H13ClO3/c1-20-13-4-2-3-12(10-13)15(18)7-5-11-6-8-16(19)14(17)9-11/h2-10,19H,1H3. The second kappa shape index (κ2) is 6.26. The zero-order valence-electron chi connectivity index (χ0n) is 10.8. The summed E-state index contributed by atoms with van der Waals surface area (Å²) in [7, 11) is 1.55. The summed E-state index contributed by atoms with van der Waals surface area (Å²) in [6.45, 7) is 0. The lowest BCUT2D eigenvalue weighted by atomic mass is 10.1. The zero-order valence-corrected chi connectivity index (χ0v) is 11.6. The number of halogens is 1. The topological polar surface area (TPSA) is 46.5 Å². The summed E-state index contributed by atoms with van der Waals surface area (Å²) in [5.74, 6) is 0.521. The minimum atomic E-state index is -0.131. The quantitative estimate of drug-likeness (QED) is 0.684. The Balaban J connectivity index is 2.17. The van der Waals surface area contributed by atoms with Crippen molar-refractivity contribution >= 4 is 23.5 Å². The summed E-state index contributed by atoms with van der Waals surface area (Å²) in [4.78, 5) is 12.0. The number of methoxy groups -OCH3 is 1. The maximum Gasteiger partial charge on any atom is 0.185 e. The van der Waals surface area contributed by atoms with Crippen molar-refractivity contribution in [3.63, 3.8) is 0 Å². The van der Waals surface area contributed by atoms with Crippen LogP contribution in [0.5, 0.6) is 11.5 Å². The molecular formula is C16H13ClO3. The molecule has 2 aromatic carbocycles. The second-order valence-corrected chi connectivity index (χ2v) is 4.55. The monoisotopic (exact) mass is 288 g/mol. The number of ketones is 1.